The van der Waals surface area contributed by atoms with E-state index >= 15 is 0 Å². The Morgan fingerprint density at radius 1 is 1.11 bits per heavy atom. The molecule has 0 unspecified atom stereocenters. The first-order valence-corrected chi connectivity index (χ1v) is 11.0. The Kier molecular flexibility index (Phi) is 6.48. The number of non-ortho nitro benzene ring substituents is 1. The van der Waals surface area contributed by atoms with Crippen LogP contribution in [0.1, 0.15) is 22.9 Å². The maximum Gasteiger partial charge on any atom is 0.295 e. The van der Waals surface area contributed by atoms with Gasteiger partial charge < -0.3 is 14.9 Å². The molecule has 1 aromatic heterocycles. The molecular weight excluding hydrogens is 450 g/mol. The fraction of sp³-hybridized carbons (Fsp3) is 0.240. The minimum atomic E-state index is -0.893. The molecule has 0 bridgehead atoms. The third kappa shape index (κ3) is 4.43. The number of ketones is 1. The lowest BCUT2D eigenvalue weighted by Crippen LogP contribution is -2.35. The summed E-state index contributed by atoms with van der Waals surface area (Å²) in [7, 11) is 3.69. The number of amides is 1. The number of para-hydroxylation sites is 1. The molecule has 1 aliphatic heterocycles. The normalized spacial score (nSPS) is 17.4. The summed E-state index contributed by atoms with van der Waals surface area (Å²) >= 11 is 0. The first kappa shape index (κ1) is 23.8. The fourth-order valence-corrected chi connectivity index (χ4v) is 4.16. The molecular formula is C25H25N5O5. The highest BCUT2D eigenvalue weighted by Gasteiger charge is 2.46. The second kappa shape index (κ2) is 9.51. The molecule has 10 nitrogen and oxygen atoms in total. The van der Waals surface area contributed by atoms with Crippen molar-refractivity contribution in [3.8, 4) is 5.69 Å². The third-order valence-electron chi connectivity index (χ3n) is 6.01. The Morgan fingerprint density at radius 3 is 2.37 bits per heavy atom. The summed E-state index contributed by atoms with van der Waals surface area (Å²) in [6.07, 6.45) is 1.46. The van der Waals surface area contributed by atoms with Gasteiger partial charge in [0, 0.05) is 25.2 Å². The second-order valence-electron chi connectivity index (χ2n) is 8.54. The Morgan fingerprint density at radius 2 is 1.77 bits per heavy atom. The number of aliphatic hydroxyl groups is 1. The van der Waals surface area contributed by atoms with Crippen LogP contribution < -0.4 is 0 Å². The smallest absolute Gasteiger partial charge is 0.295 e. The number of nitro groups is 1. The number of likely N-dealkylation sites (tertiary alicyclic amines) is 1. The monoisotopic (exact) mass is 475 g/mol. The van der Waals surface area contributed by atoms with Gasteiger partial charge in [-0.15, -0.1) is 0 Å². The van der Waals surface area contributed by atoms with Crippen molar-refractivity contribution in [1.29, 1.82) is 0 Å². The van der Waals surface area contributed by atoms with Gasteiger partial charge in [0.05, 0.1) is 39.7 Å². The predicted molar refractivity (Wildman–Crippen MR) is 129 cm³/mol. The van der Waals surface area contributed by atoms with E-state index in [9.17, 15) is 24.8 Å². The zero-order chi connectivity index (χ0) is 25.3. The number of aliphatic hydroxyl groups excluding tert-OH is 1. The van der Waals surface area contributed by atoms with E-state index in [-0.39, 0.29) is 23.6 Å². The van der Waals surface area contributed by atoms with Gasteiger partial charge >= 0.3 is 0 Å². The molecule has 1 aliphatic rings. The Bertz CT molecular complexity index is 1310. The number of likely N-dealkylation sites (N-methyl/N-ethyl adjacent to an activating group) is 1. The lowest BCUT2D eigenvalue weighted by molar-refractivity contribution is -0.384. The van der Waals surface area contributed by atoms with E-state index in [0.29, 0.717) is 23.4 Å². The molecule has 10 heteroatoms. The van der Waals surface area contributed by atoms with Crippen LogP contribution in [0.3, 0.4) is 0 Å². The molecule has 180 valence electrons. The quantitative estimate of drug-likeness (QED) is 0.183. The summed E-state index contributed by atoms with van der Waals surface area (Å²) in [6, 6.07) is 14.1. The number of hydrogen-bond acceptors (Lipinski definition) is 7. The first-order chi connectivity index (χ1) is 16.7. The average Bonchev–Trinajstić information content (AvgIpc) is 3.35. The molecule has 0 saturated carbocycles. The number of nitrogens with zero attached hydrogens (tertiary/aromatic N) is 5. The molecule has 0 radical (unpaired) electrons. The van der Waals surface area contributed by atoms with E-state index in [0.717, 1.165) is 5.69 Å². The SMILES string of the molecule is Cc1c(C(O)=C2C(=O)C(=O)N(CCN(C)C)[C@@H]2c2ccc([N+](=O)[O-])cc2)cnn1-c1ccccc1. The maximum absolute atomic E-state index is 13.2. The number of hydrogen-bond donors (Lipinski definition) is 1. The van der Waals surface area contributed by atoms with Crippen molar-refractivity contribution >= 4 is 23.1 Å². The van der Waals surface area contributed by atoms with Crippen LogP contribution in [0.2, 0.25) is 0 Å². The highest BCUT2D eigenvalue weighted by molar-refractivity contribution is 6.46. The van der Waals surface area contributed by atoms with Gasteiger partial charge in [0.25, 0.3) is 17.4 Å². The molecule has 0 spiro atoms. The summed E-state index contributed by atoms with van der Waals surface area (Å²) in [5.74, 6) is -1.87. The van der Waals surface area contributed by atoms with Crippen molar-refractivity contribution in [2.45, 2.75) is 13.0 Å². The fourth-order valence-electron chi connectivity index (χ4n) is 4.16. The van der Waals surface area contributed by atoms with Crippen LogP contribution in [0.15, 0.2) is 66.4 Å². The molecule has 2 aromatic carbocycles. The van der Waals surface area contributed by atoms with E-state index in [1.165, 1.54) is 35.4 Å². The van der Waals surface area contributed by atoms with Gasteiger partial charge in [0.2, 0.25) is 0 Å². The molecule has 3 aromatic rings. The van der Waals surface area contributed by atoms with Gasteiger partial charge in [0.1, 0.15) is 5.76 Å². The number of benzene rings is 2. The van der Waals surface area contributed by atoms with Crippen molar-refractivity contribution in [3.63, 3.8) is 0 Å². The number of Topliss-reactive ketones (excluding diaryl/α,β-unsaturated/α-hetero) is 1. The molecule has 1 atom stereocenters. The summed E-state index contributed by atoms with van der Waals surface area (Å²) in [5.41, 5.74) is 2.00. The number of carbonyl (C=O) groups excluding carboxylic acids is 2. The van der Waals surface area contributed by atoms with Gasteiger partial charge in [-0.3, -0.25) is 19.7 Å². The van der Waals surface area contributed by atoms with Gasteiger partial charge in [-0.1, -0.05) is 18.2 Å². The van der Waals surface area contributed by atoms with E-state index < -0.39 is 22.7 Å². The molecule has 0 aliphatic carbocycles. The molecule has 2 heterocycles. The average molecular weight is 476 g/mol. The van der Waals surface area contributed by atoms with E-state index in [1.807, 2.05) is 49.3 Å². The number of rotatable bonds is 7. The summed E-state index contributed by atoms with van der Waals surface area (Å²) in [5, 5.41) is 26.8. The minimum absolute atomic E-state index is 0.0710. The van der Waals surface area contributed by atoms with Crippen molar-refractivity contribution in [2.24, 2.45) is 0 Å². The van der Waals surface area contributed by atoms with E-state index in [1.54, 1.807) is 11.6 Å². The van der Waals surface area contributed by atoms with Crippen LogP contribution in [-0.2, 0) is 9.59 Å². The van der Waals surface area contributed by atoms with Crippen molar-refractivity contribution < 1.29 is 19.6 Å². The zero-order valence-corrected chi connectivity index (χ0v) is 19.6. The Labute approximate surface area is 201 Å². The van der Waals surface area contributed by atoms with Crippen molar-refractivity contribution in [3.05, 3.63) is 93.3 Å². The predicted octanol–water partition coefficient (Wildman–Crippen LogP) is 3.07. The molecule has 35 heavy (non-hydrogen) atoms. The van der Waals surface area contributed by atoms with Gasteiger partial charge in [-0.05, 0) is 50.8 Å². The van der Waals surface area contributed by atoms with Crippen LogP contribution in [0.4, 0.5) is 5.69 Å². The largest absolute Gasteiger partial charge is 0.507 e. The van der Waals surface area contributed by atoms with Gasteiger partial charge in [0.15, 0.2) is 0 Å². The second-order valence-corrected chi connectivity index (χ2v) is 8.54. The molecule has 1 amide bonds. The van der Waals surface area contributed by atoms with E-state index in [4.69, 9.17) is 0 Å². The molecule has 4 rings (SSSR count). The number of aromatic nitrogens is 2. The third-order valence-corrected chi connectivity index (χ3v) is 6.01. The highest BCUT2D eigenvalue weighted by atomic mass is 16.6. The van der Waals surface area contributed by atoms with Crippen LogP contribution >= 0.6 is 0 Å². The lowest BCUT2D eigenvalue weighted by atomic mass is 9.95. The topological polar surface area (TPSA) is 122 Å². The van der Waals surface area contributed by atoms with Gasteiger partial charge in [-0.25, -0.2) is 4.68 Å². The summed E-state index contributed by atoms with van der Waals surface area (Å²) < 4.78 is 1.64. The Hall–Kier alpha value is -4.31. The summed E-state index contributed by atoms with van der Waals surface area (Å²) in [4.78, 5) is 40.0. The van der Waals surface area contributed by atoms with Crippen LogP contribution in [0.5, 0.6) is 0 Å². The number of nitro benzene ring substituents is 1. The maximum atomic E-state index is 13.2. The van der Waals surface area contributed by atoms with Gasteiger partial charge in [-0.2, -0.15) is 5.10 Å². The summed E-state index contributed by atoms with van der Waals surface area (Å²) in [6.45, 7) is 2.48. The molecule has 1 fully saturated rings. The van der Waals surface area contributed by atoms with Crippen LogP contribution in [0.25, 0.3) is 11.4 Å². The lowest BCUT2D eigenvalue weighted by Gasteiger charge is -2.26. The molecule has 1 saturated heterocycles. The first-order valence-electron chi connectivity index (χ1n) is 11.0. The van der Waals surface area contributed by atoms with Crippen molar-refractivity contribution in [1.82, 2.24) is 19.6 Å². The number of carbonyl (C=O) groups is 2. The van der Waals surface area contributed by atoms with E-state index in [2.05, 4.69) is 5.10 Å². The minimum Gasteiger partial charge on any atom is -0.507 e. The van der Waals surface area contributed by atoms with Crippen LogP contribution in [0, 0.1) is 17.0 Å². The zero-order valence-electron chi connectivity index (χ0n) is 19.6. The van der Waals surface area contributed by atoms with Crippen LogP contribution in [-0.4, -0.2) is 68.5 Å². The highest BCUT2D eigenvalue weighted by Crippen LogP contribution is 2.40. The molecule has 1 N–H and O–H groups in total. The Balaban J connectivity index is 1.84. The standard InChI is InChI=1S/C25H25N5O5/c1-16-20(15-26-29(16)18-7-5-4-6-8-18)23(31)21-22(17-9-11-19(12-10-17)30(34)35)28(14-13-27(2)3)25(33)24(21)32/h4-12,15,22,31H,13-14H2,1-3H3/t22-/m1/s1. The van der Waals surface area contributed by atoms with Crippen molar-refractivity contribution in [2.75, 3.05) is 27.2 Å².